The number of nitrogens with two attached hydrogens (primary N) is 1. The summed E-state index contributed by atoms with van der Waals surface area (Å²) in [6.07, 6.45) is 0.0411. The molecule has 15 heavy (non-hydrogen) atoms. The second-order valence-electron chi connectivity index (χ2n) is 3.49. The van der Waals surface area contributed by atoms with Crippen LogP contribution in [0.3, 0.4) is 0 Å². The van der Waals surface area contributed by atoms with Gasteiger partial charge in [0.25, 0.3) is 0 Å². The van der Waals surface area contributed by atoms with Crippen LogP contribution in [0.25, 0.3) is 0 Å². The number of rotatable bonds is 3. The van der Waals surface area contributed by atoms with Crippen molar-refractivity contribution in [1.82, 2.24) is 4.98 Å². The van der Waals surface area contributed by atoms with Crippen LogP contribution >= 0.6 is 0 Å². The van der Waals surface area contributed by atoms with E-state index in [2.05, 4.69) is 10.1 Å². The fourth-order valence-electron chi connectivity index (χ4n) is 1.15. The molecule has 0 aliphatic heterocycles. The Balaban J connectivity index is 3.05. The van der Waals surface area contributed by atoms with Gasteiger partial charge in [-0.1, -0.05) is 5.16 Å². The Bertz CT molecular complexity index is 375. The van der Waals surface area contributed by atoms with E-state index < -0.39 is 0 Å². The van der Waals surface area contributed by atoms with Gasteiger partial charge in [0.1, 0.15) is 0 Å². The zero-order valence-corrected chi connectivity index (χ0v) is 9.06. The highest BCUT2D eigenvalue weighted by atomic mass is 16.5. The van der Waals surface area contributed by atoms with Crippen molar-refractivity contribution in [1.29, 1.82) is 0 Å². The fraction of sp³-hybridized carbons (Fsp3) is 0.400. The summed E-state index contributed by atoms with van der Waals surface area (Å²) in [4.78, 5) is 4.18. The van der Waals surface area contributed by atoms with E-state index in [0.717, 1.165) is 5.69 Å². The minimum Gasteiger partial charge on any atom is -0.475 e. The van der Waals surface area contributed by atoms with Crippen molar-refractivity contribution in [2.24, 2.45) is 10.9 Å². The molecule has 0 radical (unpaired) electrons. The van der Waals surface area contributed by atoms with Gasteiger partial charge < -0.3 is 15.7 Å². The molecular weight excluding hydrogens is 194 g/mol. The summed E-state index contributed by atoms with van der Waals surface area (Å²) < 4.78 is 5.43. The maximum absolute atomic E-state index is 8.55. The van der Waals surface area contributed by atoms with Crippen LogP contribution in [0, 0.1) is 6.92 Å². The Morgan fingerprint density at radius 1 is 1.53 bits per heavy atom. The number of hydrogen-bond donors (Lipinski definition) is 2. The molecule has 5 heteroatoms. The quantitative estimate of drug-likeness (QED) is 0.340. The number of hydrogen-bond acceptors (Lipinski definition) is 4. The number of pyridine rings is 1. The zero-order valence-electron chi connectivity index (χ0n) is 9.06. The highest BCUT2D eigenvalue weighted by molar-refractivity contribution is 5.97. The average Bonchev–Trinajstić information content (AvgIpc) is 2.14. The predicted octanol–water partition coefficient (Wildman–Crippen LogP) is 1.27. The lowest BCUT2D eigenvalue weighted by atomic mass is 10.2. The normalized spacial score (nSPS) is 11.9. The minimum atomic E-state index is 0.0411. The molecule has 1 aromatic rings. The van der Waals surface area contributed by atoms with Crippen molar-refractivity contribution in [2.75, 3.05) is 0 Å². The smallest absolute Gasteiger partial charge is 0.214 e. The number of oxime groups is 1. The van der Waals surface area contributed by atoms with Gasteiger partial charge in [0.2, 0.25) is 5.88 Å². The van der Waals surface area contributed by atoms with E-state index >= 15 is 0 Å². The Labute approximate surface area is 88.6 Å². The van der Waals surface area contributed by atoms with E-state index in [1.165, 1.54) is 0 Å². The largest absolute Gasteiger partial charge is 0.475 e. The van der Waals surface area contributed by atoms with Gasteiger partial charge >= 0.3 is 0 Å². The molecule has 1 rings (SSSR count). The molecule has 5 nitrogen and oxygen atoms in total. The third-order valence-electron chi connectivity index (χ3n) is 1.69. The third kappa shape index (κ3) is 3.12. The first-order valence-electron chi connectivity index (χ1n) is 4.66. The molecule has 0 bridgehead atoms. The summed E-state index contributed by atoms with van der Waals surface area (Å²) in [5.74, 6) is 0.528. The predicted molar refractivity (Wildman–Crippen MR) is 57.2 cm³/mol. The van der Waals surface area contributed by atoms with Crippen molar-refractivity contribution < 1.29 is 9.94 Å². The molecule has 82 valence electrons. The molecule has 1 heterocycles. The lowest BCUT2D eigenvalue weighted by molar-refractivity contribution is 0.232. The number of nitrogens with zero attached hydrogens (tertiary/aromatic N) is 2. The summed E-state index contributed by atoms with van der Waals surface area (Å²) >= 11 is 0. The van der Waals surface area contributed by atoms with Crippen LogP contribution in [0.5, 0.6) is 5.88 Å². The molecular formula is C10H15N3O2. The fourth-order valence-corrected chi connectivity index (χ4v) is 1.15. The van der Waals surface area contributed by atoms with Crippen LogP contribution in [-0.2, 0) is 0 Å². The Morgan fingerprint density at radius 3 is 2.73 bits per heavy atom. The van der Waals surface area contributed by atoms with Crippen LogP contribution < -0.4 is 10.5 Å². The number of ether oxygens (including phenoxy) is 1. The van der Waals surface area contributed by atoms with Crippen LogP contribution in [0.1, 0.15) is 25.1 Å². The van der Waals surface area contributed by atoms with Crippen molar-refractivity contribution >= 4 is 5.84 Å². The molecule has 0 amide bonds. The van der Waals surface area contributed by atoms with Gasteiger partial charge in [-0.2, -0.15) is 0 Å². The molecule has 1 aromatic heterocycles. The van der Waals surface area contributed by atoms with Gasteiger partial charge in [0, 0.05) is 17.3 Å². The van der Waals surface area contributed by atoms with Gasteiger partial charge in [-0.25, -0.2) is 4.98 Å². The highest BCUT2D eigenvalue weighted by Gasteiger charge is 2.06. The highest BCUT2D eigenvalue weighted by Crippen LogP contribution is 2.13. The molecule has 0 atom stereocenters. The summed E-state index contributed by atoms with van der Waals surface area (Å²) in [5.41, 5.74) is 6.84. The second-order valence-corrected chi connectivity index (χ2v) is 3.49. The molecule has 0 aliphatic carbocycles. The molecule has 0 unspecified atom stereocenters. The monoisotopic (exact) mass is 209 g/mol. The maximum atomic E-state index is 8.55. The summed E-state index contributed by atoms with van der Waals surface area (Å²) in [6, 6.07) is 3.37. The standard InChI is InChI=1S/C10H15N3O2/c1-6(2)15-9-5-8(10(11)13-14)4-7(3)12-9/h4-6,14H,1-3H3,(H2,11,13). The molecule has 0 spiro atoms. The molecule has 0 saturated carbocycles. The van der Waals surface area contributed by atoms with E-state index in [0.29, 0.717) is 11.4 Å². The third-order valence-corrected chi connectivity index (χ3v) is 1.69. The Kier molecular flexibility index (Phi) is 3.49. The van der Waals surface area contributed by atoms with E-state index in [-0.39, 0.29) is 11.9 Å². The van der Waals surface area contributed by atoms with E-state index in [9.17, 15) is 0 Å². The summed E-state index contributed by atoms with van der Waals surface area (Å²) in [5, 5.41) is 11.5. The van der Waals surface area contributed by atoms with Crippen LogP contribution in [-0.4, -0.2) is 22.1 Å². The van der Waals surface area contributed by atoms with Crippen molar-refractivity contribution in [3.8, 4) is 5.88 Å². The Hall–Kier alpha value is -1.78. The van der Waals surface area contributed by atoms with Crippen molar-refractivity contribution in [3.05, 3.63) is 23.4 Å². The van der Waals surface area contributed by atoms with Crippen LogP contribution in [0.4, 0.5) is 0 Å². The first-order chi connectivity index (χ1) is 7.02. The lowest BCUT2D eigenvalue weighted by Crippen LogP contribution is -2.15. The van der Waals surface area contributed by atoms with Crippen LogP contribution in [0.2, 0.25) is 0 Å². The average molecular weight is 209 g/mol. The number of aryl methyl sites for hydroxylation is 1. The van der Waals surface area contributed by atoms with Gasteiger partial charge in [0.15, 0.2) is 5.84 Å². The zero-order chi connectivity index (χ0) is 11.4. The molecule has 0 aromatic carbocycles. The lowest BCUT2D eigenvalue weighted by Gasteiger charge is -2.10. The SMILES string of the molecule is Cc1cc(/C(N)=N/O)cc(OC(C)C)n1. The molecule has 3 N–H and O–H groups in total. The van der Waals surface area contributed by atoms with Gasteiger partial charge in [-0.15, -0.1) is 0 Å². The Morgan fingerprint density at radius 2 is 2.20 bits per heavy atom. The van der Waals surface area contributed by atoms with Crippen LogP contribution in [0.15, 0.2) is 17.3 Å². The molecule has 0 fully saturated rings. The van der Waals surface area contributed by atoms with E-state index in [1.807, 2.05) is 20.8 Å². The van der Waals surface area contributed by atoms with Gasteiger partial charge in [0.05, 0.1) is 6.10 Å². The minimum absolute atomic E-state index is 0.0411. The van der Waals surface area contributed by atoms with Gasteiger partial charge in [-0.3, -0.25) is 0 Å². The molecule has 0 aliphatic rings. The van der Waals surface area contributed by atoms with E-state index in [1.54, 1.807) is 12.1 Å². The van der Waals surface area contributed by atoms with Gasteiger partial charge in [-0.05, 0) is 26.8 Å². The van der Waals surface area contributed by atoms with Crippen molar-refractivity contribution in [2.45, 2.75) is 26.9 Å². The topological polar surface area (TPSA) is 80.7 Å². The van der Waals surface area contributed by atoms with Crippen molar-refractivity contribution in [3.63, 3.8) is 0 Å². The number of aromatic nitrogens is 1. The maximum Gasteiger partial charge on any atom is 0.214 e. The van der Waals surface area contributed by atoms with E-state index in [4.69, 9.17) is 15.7 Å². The second kappa shape index (κ2) is 4.63. The summed E-state index contributed by atoms with van der Waals surface area (Å²) in [6.45, 7) is 5.64. The first kappa shape index (κ1) is 11.3. The number of amidine groups is 1. The summed E-state index contributed by atoms with van der Waals surface area (Å²) in [7, 11) is 0. The first-order valence-corrected chi connectivity index (χ1v) is 4.66. The molecule has 0 saturated heterocycles.